The Morgan fingerprint density at radius 3 is 2.81 bits per heavy atom. The van der Waals surface area contributed by atoms with Crippen molar-refractivity contribution in [2.24, 2.45) is 17.1 Å². The van der Waals surface area contributed by atoms with Crippen molar-refractivity contribution >= 4 is 5.84 Å². The van der Waals surface area contributed by atoms with E-state index in [1.54, 1.807) is 0 Å². The number of aliphatic hydroxyl groups excluding tert-OH is 1. The molecule has 0 aromatic rings. The molecule has 2 rings (SSSR count). The maximum Gasteiger partial charge on any atom is 0.0911 e. The zero-order valence-corrected chi connectivity index (χ0v) is 9.91. The van der Waals surface area contributed by atoms with Crippen LogP contribution in [-0.4, -0.2) is 42.1 Å². The molecule has 1 saturated heterocycles. The quantitative estimate of drug-likeness (QED) is 0.478. The van der Waals surface area contributed by atoms with Gasteiger partial charge in [-0.15, -0.1) is 0 Å². The summed E-state index contributed by atoms with van der Waals surface area (Å²) in [4.78, 5) is 2.46. The summed E-state index contributed by atoms with van der Waals surface area (Å²) in [6, 6.07) is 0. The molecule has 92 valence electrons. The number of piperidine rings is 1. The molecule has 0 aromatic carbocycles. The summed E-state index contributed by atoms with van der Waals surface area (Å²) in [6.45, 7) is 3.56. The Balaban J connectivity index is 1.82. The molecule has 0 amide bonds. The molecule has 1 aliphatic heterocycles. The Bertz CT molecular complexity index is 263. The average molecular weight is 225 g/mol. The van der Waals surface area contributed by atoms with E-state index in [1.807, 2.05) is 0 Å². The first kappa shape index (κ1) is 11.9. The average Bonchev–Trinajstić information content (AvgIpc) is 2.97. The number of amidine groups is 1. The molecule has 2 aliphatic rings. The molecule has 1 atom stereocenters. The van der Waals surface area contributed by atoms with Gasteiger partial charge in [0.1, 0.15) is 0 Å². The summed E-state index contributed by atoms with van der Waals surface area (Å²) in [5.74, 6) is 0.787. The van der Waals surface area contributed by atoms with Gasteiger partial charge in [0.15, 0.2) is 0 Å². The van der Waals surface area contributed by atoms with Gasteiger partial charge in [0.25, 0.3) is 0 Å². The van der Waals surface area contributed by atoms with Gasteiger partial charge in [0, 0.05) is 26.1 Å². The van der Waals surface area contributed by atoms with Gasteiger partial charge in [-0.25, -0.2) is 0 Å². The van der Waals surface area contributed by atoms with Gasteiger partial charge in [-0.3, -0.25) is 5.41 Å². The highest BCUT2D eigenvalue weighted by Crippen LogP contribution is 2.49. The first-order valence-corrected chi connectivity index (χ1v) is 6.30. The molecular weight excluding hydrogens is 202 g/mol. The van der Waals surface area contributed by atoms with Gasteiger partial charge in [-0.05, 0) is 43.6 Å². The summed E-state index contributed by atoms with van der Waals surface area (Å²) in [5, 5.41) is 16.6. The summed E-state index contributed by atoms with van der Waals surface area (Å²) in [7, 11) is 0. The molecule has 1 heterocycles. The fraction of sp³-hybridized carbons (Fsp3) is 0.917. The van der Waals surface area contributed by atoms with Crippen LogP contribution in [0.1, 0.15) is 32.1 Å². The van der Waals surface area contributed by atoms with Crippen LogP contribution in [0.15, 0.2) is 0 Å². The van der Waals surface area contributed by atoms with Crippen LogP contribution < -0.4 is 5.73 Å². The van der Waals surface area contributed by atoms with Crippen LogP contribution in [0.25, 0.3) is 0 Å². The summed E-state index contributed by atoms with van der Waals surface area (Å²) in [5.41, 5.74) is 5.81. The number of nitrogens with two attached hydrogens (primary N) is 1. The second-order valence-electron chi connectivity index (χ2n) is 5.63. The van der Waals surface area contributed by atoms with E-state index in [9.17, 15) is 5.11 Å². The molecule has 16 heavy (non-hydrogen) atoms. The van der Waals surface area contributed by atoms with Crippen molar-refractivity contribution in [1.29, 1.82) is 5.41 Å². The van der Waals surface area contributed by atoms with Gasteiger partial charge >= 0.3 is 0 Å². The van der Waals surface area contributed by atoms with Gasteiger partial charge < -0.3 is 15.7 Å². The Labute approximate surface area is 97.3 Å². The highest BCUT2D eigenvalue weighted by atomic mass is 16.3. The highest BCUT2D eigenvalue weighted by molar-refractivity contribution is 5.78. The van der Waals surface area contributed by atoms with E-state index in [0.29, 0.717) is 23.8 Å². The third-order valence-electron chi connectivity index (χ3n) is 3.94. The Kier molecular flexibility index (Phi) is 3.50. The van der Waals surface area contributed by atoms with Crippen LogP contribution in [-0.2, 0) is 0 Å². The number of aliphatic hydroxyl groups is 1. The predicted molar refractivity (Wildman–Crippen MR) is 64.4 cm³/mol. The highest BCUT2D eigenvalue weighted by Gasteiger charge is 2.44. The summed E-state index contributed by atoms with van der Waals surface area (Å²) in [6.07, 6.45) is 5.54. The second kappa shape index (κ2) is 4.72. The van der Waals surface area contributed by atoms with Crippen molar-refractivity contribution in [3.05, 3.63) is 0 Å². The Morgan fingerprint density at radius 1 is 1.50 bits per heavy atom. The molecule has 1 aliphatic carbocycles. The second-order valence-corrected chi connectivity index (χ2v) is 5.63. The first-order chi connectivity index (χ1) is 7.63. The van der Waals surface area contributed by atoms with E-state index in [0.717, 1.165) is 32.5 Å². The Morgan fingerprint density at radius 2 is 2.25 bits per heavy atom. The van der Waals surface area contributed by atoms with E-state index >= 15 is 0 Å². The van der Waals surface area contributed by atoms with E-state index in [2.05, 4.69) is 4.90 Å². The first-order valence-electron chi connectivity index (χ1n) is 6.30. The molecule has 4 nitrogen and oxygen atoms in total. The normalized spacial score (nSPS) is 28.9. The van der Waals surface area contributed by atoms with E-state index < -0.39 is 0 Å². The number of rotatable bonds is 5. The van der Waals surface area contributed by atoms with Crippen LogP contribution in [0.2, 0.25) is 0 Å². The van der Waals surface area contributed by atoms with Crippen molar-refractivity contribution in [2.75, 3.05) is 26.2 Å². The van der Waals surface area contributed by atoms with Crippen LogP contribution in [0.5, 0.6) is 0 Å². The zero-order valence-electron chi connectivity index (χ0n) is 9.91. The van der Waals surface area contributed by atoms with Crippen molar-refractivity contribution in [2.45, 2.75) is 32.1 Å². The topological polar surface area (TPSA) is 73.3 Å². The minimum absolute atomic E-state index is 0.309. The monoisotopic (exact) mass is 225 g/mol. The lowest BCUT2D eigenvalue weighted by Gasteiger charge is -2.34. The van der Waals surface area contributed by atoms with E-state index in [4.69, 9.17) is 11.1 Å². The lowest BCUT2D eigenvalue weighted by Crippen LogP contribution is -2.40. The molecule has 0 aromatic heterocycles. The summed E-state index contributed by atoms with van der Waals surface area (Å²) < 4.78 is 0. The molecular formula is C12H23N3O. The van der Waals surface area contributed by atoms with Gasteiger partial charge in [0.2, 0.25) is 0 Å². The number of nitrogens with zero attached hydrogens (tertiary/aromatic N) is 1. The molecule has 1 saturated carbocycles. The predicted octanol–water partition coefficient (Wildman–Crippen LogP) is 0.797. The molecule has 0 radical (unpaired) electrons. The number of hydrogen-bond acceptors (Lipinski definition) is 3. The minimum atomic E-state index is 0.309. The SMILES string of the molecule is N=C(N)CC1(CN2CCCC(CO)C2)CC1. The molecule has 2 fully saturated rings. The van der Waals surface area contributed by atoms with E-state index in [-0.39, 0.29) is 0 Å². The van der Waals surface area contributed by atoms with E-state index in [1.165, 1.54) is 19.3 Å². The fourth-order valence-electron chi connectivity index (χ4n) is 2.89. The minimum Gasteiger partial charge on any atom is -0.396 e. The number of hydrogen-bond donors (Lipinski definition) is 3. The molecule has 4 heteroatoms. The smallest absolute Gasteiger partial charge is 0.0911 e. The zero-order chi connectivity index (χ0) is 11.6. The summed E-state index contributed by atoms with van der Waals surface area (Å²) >= 11 is 0. The lowest BCUT2D eigenvalue weighted by atomic mass is 9.95. The third-order valence-corrected chi connectivity index (χ3v) is 3.94. The van der Waals surface area contributed by atoms with Crippen LogP contribution in [0, 0.1) is 16.7 Å². The molecule has 0 spiro atoms. The fourth-order valence-corrected chi connectivity index (χ4v) is 2.89. The van der Waals surface area contributed by atoms with Crippen LogP contribution in [0.3, 0.4) is 0 Å². The van der Waals surface area contributed by atoms with Gasteiger partial charge in [-0.2, -0.15) is 0 Å². The van der Waals surface area contributed by atoms with Crippen molar-refractivity contribution in [1.82, 2.24) is 4.90 Å². The van der Waals surface area contributed by atoms with Gasteiger partial charge in [-0.1, -0.05) is 0 Å². The Hall–Kier alpha value is -0.610. The van der Waals surface area contributed by atoms with Gasteiger partial charge in [0.05, 0.1) is 5.84 Å². The largest absolute Gasteiger partial charge is 0.396 e. The standard InChI is InChI=1S/C12H23N3O/c13-11(14)6-12(3-4-12)9-15-5-1-2-10(7-15)8-16/h10,16H,1-9H2,(H3,13,14). The molecule has 0 bridgehead atoms. The number of nitrogens with one attached hydrogen (secondary N) is 1. The van der Waals surface area contributed by atoms with Crippen molar-refractivity contribution < 1.29 is 5.11 Å². The van der Waals surface area contributed by atoms with Crippen molar-refractivity contribution in [3.63, 3.8) is 0 Å². The maximum absolute atomic E-state index is 9.19. The van der Waals surface area contributed by atoms with Crippen LogP contribution in [0.4, 0.5) is 0 Å². The maximum atomic E-state index is 9.19. The third kappa shape index (κ3) is 2.95. The molecule has 1 unspecified atom stereocenters. The van der Waals surface area contributed by atoms with Crippen molar-refractivity contribution in [3.8, 4) is 0 Å². The lowest BCUT2D eigenvalue weighted by molar-refractivity contribution is 0.105. The number of likely N-dealkylation sites (tertiary alicyclic amines) is 1. The van der Waals surface area contributed by atoms with Crippen LogP contribution >= 0.6 is 0 Å². The molecule has 4 N–H and O–H groups in total.